The lowest BCUT2D eigenvalue weighted by molar-refractivity contribution is -0.132. The van der Waals surface area contributed by atoms with E-state index in [1.165, 1.54) is 4.90 Å². The predicted molar refractivity (Wildman–Crippen MR) is 108 cm³/mol. The maximum Gasteiger partial charge on any atom is 0.325 e. The van der Waals surface area contributed by atoms with Gasteiger partial charge in [-0.15, -0.1) is 0 Å². The molecule has 3 amide bonds. The summed E-state index contributed by atoms with van der Waals surface area (Å²) in [6, 6.07) is 10.1. The molecule has 1 atom stereocenters. The molecule has 1 unspecified atom stereocenters. The van der Waals surface area contributed by atoms with Crippen LogP contribution in [-0.2, 0) is 16.9 Å². The summed E-state index contributed by atoms with van der Waals surface area (Å²) in [5.41, 5.74) is 0.374. The van der Waals surface area contributed by atoms with Gasteiger partial charge in [-0.05, 0) is 41.8 Å². The summed E-state index contributed by atoms with van der Waals surface area (Å²) >= 11 is 9.47. The summed E-state index contributed by atoms with van der Waals surface area (Å²) in [5, 5.41) is 3.45. The van der Waals surface area contributed by atoms with E-state index in [1.54, 1.807) is 36.4 Å². The number of benzene rings is 2. The van der Waals surface area contributed by atoms with Crippen LogP contribution in [-0.4, -0.2) is 30.1 Å². The molecule has 6 nitrogen and oxygen atoms in total. The van der Waals surface area contributed by atoms with Gasteiger partial charge in [0.25, 0.3) is 5.91 Å². The van der Waals surface area contributed by atoms with Gasteiger partial charge in [0, 0.05) is 9.50 Å². The second kappa shape index (κ2) is 7.29. The minimum Gasteiger partial charge on any atom is -0.486 e. The van der Waals surface area contributed by atoms with Crippen LogP contribution in [0.4, 0.5) is 4.79 Å². The van der Waals surface area contributed by atoms with Crippen LogP contribution < -0.4 is 14.8 Å². The number of hydrogen-bond acceptors (Lipinski definition) is 4. The number of nitrogens with zero attached hydrogens (tertiary/aromatic N) is 1. The Hall–Kier alpha value is -2.25. The number of carbonyl (C=O) groups excluding carboxylic acids is 2. The normalized spacial score (nSPS) is 21.0. The molecule has 2 aromatic carbocycles. The lowest BCUT2D eigenvalue weighted by atomic mass is 9.87. The fourth-order valence-corrected chi connectivity index (χ4v) is 4.11. The first-order valence-corrected chi connectivity index (χ1v) is 10.1. The SMILES string of the molecule is CCC1(c2ccc(Cl)cc2)NC(=O)N(Cc2cc3c(cc2Br)OCCO3)C1=O. The maximum atomic E-state index is 13.3. The van der Waals surface area contributed by atoms with E-state index in [-0.39, 0.29) is 12.5 Å². The van der Waals surface area contributed by atoms with Crippen LogP contribution in [0.15, 0.2) is 40.9 Å². The quantitative estimate of drug-likeness (QED) is 0.686. The predicted octanol–water partition coefficient (Wildman–Crippen LogP) is 4.23. The zero-order valence-corrected chi connectivity index (χ0v) is 17.5. The molecule has 2 aliphatic rings. The first-order chi connectivity index (χ1) is 13.4. The second-order valence-electron chi connectivity index (χ2n) is 6.67. The molecule has 0 spiro atoms. The third-order valence-corrected chi connectivity index (χ3v) is 6.07. The molecule has 8 heteroatoms. The number of ether oxygens (including phenoxy) is 2. The fraction of sp³-hybridized carbons (Fsp3) is 0.300. The fourth-order valence-electron chi connectivity index (χ4n) is 3.54. The number of urea groups is 1. The highest BCUT2D eigenvalue weighted by atomic mass is 79.9. The summed E-state index contributed by atoms with van der Waals surface area (Å²) in [6.45, 7) is 2.95. The Kier molecular flexibility index (Phi) is 4.97. The molecular formula is C20H18BrClN2O4. The molecule has 2 aliphatic heterocycles. The van der Waals surface area contributed by atoms with Crippen LogP contribution >= 0.6 is 27.5 Å². The zero-order valence-electron chi connectivity index (χ0n) is 15.1. The summed E-state index contributed by atoms with van der Waals surface area (Å²) in [4.78, 5) is 27.2. The Morgan fingerprint density at radius 3 is 2.43 bits per heavy atom. The Labute approximate surface area is 175 Å². The van der Waals surface area contributed by atoms with Gasteiger partial charge in [0.2, 0.25) is 0 Å². The van der Waals surface area contributed by atoms with Crippen molar-refractivity contribution >= 4 is 39.5 Å². The highest BCUT2D eigenvalue weighted by molar-refractivity contribution is 9.10. The molecule has 146 valence electrons. The maximum absolute atomic E-state index is 13.3. The van der Waals surface area contributed by atoms with Gasteiger partial charge in [-0.2, -0.15) is 0 Å². The molecule has 0 aromatic heterocycles. The average Bonchev–Trinajstić information content (AvgIpc) is 2.94. The van der Waals surface area contributed by atoms with Crippen molar-refractivity contribution in [2.75, 3.05) is 13.2 Å². The number of amides is 3. The van der Waals surface area contributed by atoms with Crippen molar-refractivity contribution in [3.63, 3.8) is 0 Å². The minimum atomic E-state index is -1.10. The van der Waals surface area contributed by atoms with E-state index in [1.807, 2.05) is 6.92 Å². The van der Waals surface area contributed by atoms with E-state index < -0.39 is 11.6 Å². The van der Waals surface area contributed by atoms with Crippen LogP contribution in [0, 0.1) is 0 Å². The molecule has 1 saturated heterocycles. The van der Waals surface area contributed by atoms with E-state index in [0.29, 0.717) is 41.7 Å². The topological polar surface area (TPSA) is 67.9 Å². The zero-order chi connectivity index (χ0) is 19.9. The number of nitrogens with one attached hydrogen (secondary N) is 1. The molecule has 0 saturated carbocycles. The summed E-state index contributed by atoms with van der Waals surface area (Å²) in [7, 11) is 0. The summed E-state index contributed by atoms with van der Waals surface area (Å²) in [5.74, 6) is 0.961. The molecule has 1 fully saturated rings. The second-order valence-corrected chi connectivity index (χ2v) is 7.97. The van der Waals surface area contributed by atoms with Gasteiger partial charge < -0.3 is 14.8 Å². The van der Waals surface area contributed by atoms with Crippen LogP contribution in [0.1, 0.15) is 24.5 Å². The van der Waals surface area contributed by atoms with Gasteiger partial charge >= 0.3 is 6.03 Å². The number of imide groups is 1. The van der Waals surface area contributed by atoms with Gasteiger partial charge in [0.15, 0.2) is 11.5 Å². The van der Waals surface area contributed by atoms with Gasteiger partial charge in [-0.1, -0.05) is 46.6 Å². The minimum absolute atomic E-state index is 0.122. The van der Waals surface area contributed by atoms with E-state index in [9.17, 15) is 9.59 Å². The van der Waals surface area contributed by atoms with Crippen LogP contribution in [0.5, 0.6) is 11.5 Å². The highest BCUT2D eigenvalue weighted by Gasteiger charge is 2.51. The molecule has 2 heterocycles. The van der Waals surface area contributed by atoms with Gasteiger partial charge in [0.1, 0.15) is 18.8 Å². The van der Waals surface area contributed by atoms with E-state index >= 15 is 0 Å². The Bertz CT molecular complexity index is 950. The van der Waals surface area contributed by atoms with E-state index in [2.05, 4.69) is 21.2 Å². The smallest absolute Gasteiger partial charge is 0.325 e. The van der Waals surface area contributed by atoms with Gasteiger partial charge in [-0.3, -0.25) is 9.69 Å². The van der Waals surface area contributed by atoms with Crippen molar-refractivity contribution < 1.29 is 19.1 Å². The average molecular weight is 466 g/mol. The van der Waals surface area contributed by atoms with Crippen molar-refractivity contribution in [3.05, 3.63) is 57.0 Å². The molecule has 4 rings (SSSR count). The van der Waals surface area contributed by atoms with Crippen molar-refractivity contribution in [1.82, 2.24) is 10.2 Å². The van der Waals surface area contributed by atoms with Gasteiger partial charge in [-0.25, -0.2) is 4.79 Å². The Morgan fingerprint density at radius 1 is 1.14 bits per heavy atom. The van der Waals surface area contributed by atoms with Crippen LogP contribution in [0.2, 0.25) is 5.02 Å². The van der Waals surface area contributed by atoms with Crippen molar-refractivity contribution in [3.8, 4) is 11.5 Å². The highest BCUT2D eigenvalue weighted by Crippen LogP contribution is 2.38. The van der Waals surface area contributed by atoms with Crippen LogP contribution in [0.3, 0.4) is 0 Å². The van der Waals surface area contributed by atoms with Gasteiger partial charge in [0.05, 0.1) is 6.54 Å². The molecule has 0 radical (unpaired) electrons. The first-order valence-electron chi connectivity index (χ1n) is 8.93. The van der Waals surface area contributed by atoms with Crippen molar-refractivity contribution in [1.29, 1.82) is 0 Å². The number of rotatable bonds is 4. The molecule has 0 bridgehead atoms. The Balaban J connectivity index is 1.65. The lowest BCUT2D eigenvalue weighted by Gasteiger charge is -2.26. The monoisotopic (exact) mass is 464 g/mol. The molecule has 0 aliphatic carbocycles. The van der Waals surface area contributed by atoms with Crippen molar-refractivity contribution in [2.45, 2.75) is 25.4 Å². The van der Waals surface area contributed by atoms with Crippen molar-refractivity contribution in [2.24, 2.45) is 0 Å². The molecule has 28 heavy (non-hydrogen) atoms. The number of carbonyl (C=O) groups is 2. The molecular weight excluding hydrogens is 448 g/mol. The van der Waals surface area contributed by atoms with Crippen LogP contribution in [0.25, 0.3) is 0 Å². The lowest BCUT2D eigenvalue weighted by Crippen LogP contribution is -2.43. The first kappa shape index (κ1) is 19.1. The number of fused-ring (bicyclic) bond motifs is 1. The van der Waals surface area contributed by atoms with E-state index in [4.69, 9.17) is 21.1 Å². The standard InChI is InChI=1S/C20H18BrClN2O4/c1-2-20(13-3-5-14(22)6-4-13)18(25)24(19(26)23-20)11-12-9-16-17(10-15(12)21)28-8-7-27-16/h3-6,9-10H,2,7-8,11H2,1H3,(H,23,26). The molecule has 1 N–H and O–H groups in total. The summed E-state index contributed by atoms with van der Waals surface area (Å²) in [6.07, 6.45) is 0.429. The third kappa shape index (κ3) is 3.12. The number of hydrogen-bond donors (Lipinski definition) is 1. The van der Waals surface area contributed by atoms with E-state index in [0.717, 1.165) is 10.0 Å². The third-order valence-electron chi connectivity index (χ3n) is 5.08. The largest absolute Gasteiger partial charge is 0.486 e. The molecule has 2 aromatic rings. The Morgan fingerprint density at radius 2 is 1.79 bits per heavy atom. The number of halogens is 2. The summed E-state index contributed by atoms with van der Waals surface area (Å²) < 4.78 is 11.9.